The first-order valence-corrected chi connectivity index (χ1v) is 7.51. The quantitative estimate of drug-likeness (QED) is 0.779. The number of hydrogen-bond donors (Lipinski definition) is 1. The van der Waals surface area contributed by atoms with E-state index < -0.39 is 43.3 Å². The summed E-state index contributed by atoms with van der Waals surface area (Å²) >= 11 is 0. The van der Waals surface area contributed by atoms with Crippen molar-refractivity contribution in [2.45, 2.75) is 31.5 Å². The van der Waals surface area contributed by atoms with Gasteiger partial charge in [0.2, 0.25) is 0 Å². The van der Waals surface area contributed by atoms with Gasteiger partial charge in [-0.1, -0.05) is 0 Å². The van der Waals surface area contributed by atoms with Gasteiger partial charge in [-0.2, -0.15) is 13.2 Å². The normalized spacial score (nSPS) is 18.2. The summed E-state index contributed by atoms with van der Waals surface area (Å²) < 4.78 is 83.9. The van der Waals surface area contributed by atoms with Gasteiger partial charge in [0.15, 0.2) is 0 Å². The molecule has 0 bridgehead atoms. The number of carbonyl (C=O) groups is 1. The Kier molecular flexibility index (Phi) is 5.89. The van der Waals surface area contributed by atoms with Crippen LogP contribution in [0.15, 0.2) is 18.2 Å². The minimum absolute atomic E-state index is 0.0227. The fraction of sp³-hybridized carbons (Fsp3) is 0.533. The lowest BCUT2D eigenvalue weighted by Crippen LogP contribution is -2.29. The highest BCUT2D eigenvalue weighted by molar-refractivity contribution is 5.65. The smallest absolute Gasteiger partial charge is 0.488 e. The largest absolute Gasteiger partial charge is 0.522 e. The molecule has 0 spiro atoms. The van der Waals surface area contributed by atoms with Crippen molar-refractivity contribution >= 4 is 6.09 Å². The minimum atomic E-state index is -4.89. The van der Waals surface area contributed by atoms with Gasteiger partial charge in [-0.25, -0.2) is 4.79 Å². The molecule has 0 radical (unpaired) electrons. The van der Waals surface area contributed by atoms with Crippen LogP contribution in [-0.2, 0) is 17.3 Å². The fourth-order valence-electron chi connectivity index (χ4n) is 2.52. The van der Waals surface area contributed by atoms with Crippen LogP contribution in [0, 0.1) is 0 Å². The average Bonchev–Trinajstić information content (AvgIpc) is 2.95. The standard InChI is InChI=1S/C15H15F6NO4/c16-14(17,18)10-1-2-12(9(7-10)4-6-25-15(19,20)21)26-11-3-5-22(8-11)13(23)24/h1-2,7,11H,3-6,8H2,(H,23,24). The third kappa shape index (κ3) is 5.68. The van der Waals surface area contributed by atoms with E-state index in [4.69, 9.17) is 9.84 Å². The first-order chi connectivity index (χ1) is 12.0. The molecule has 1 aliphatic heterocycles. The van der Waals surface area contributed by atoms with Crippen molar-refractivity contribution in [3.8, 4) is 5.75 Å². The molecule has 1 N–H and O–H groups in total. The van der Waals surface area contributed by atoms with Gasteiger partial charge in [0.25, 0.3) is 0 Å². The summed E-state index contributed by atoms with van der Waals surface area (Å²) in [5.74, 6) is -0.0268. The van der Waals surface area contributed by atoms with Gasteiger partial charge in [-0.3, -0.25) is 4.74 Å². The van der Waals surface area contributed by atoms with Crippen molar-refractivity contribution in [3.05, 3.63) is 29.3 Å². The summed E-state index contributed by atoms with van der Waals surface area (Å²) in [6.07, 6.45) is -11.4. The van der Waals surface area contributed by atoms with Crippen LogP contribution in [0.3, 0.4) is 0 Å². The molecular formula is C15H15F6NO4. The van der Waals surface area contributed by atoms with E-state index in [0.717, 1.165) is 17.0 Å². The van der Waals surface area contributed by atoms with E-state index in [0.29, 0.717) is 12.5 Å². The number of ether oxygens (including phenoxy) is 2. The molecule has 1 aromatic carbocycles. The van der Waals surface area contributed by atoms with E-state index in [2.05, 4.69) is 4.74 Å². The van der Waals surface area contributed by atoms with Gasteiger partial charge < -0.3 is 14.7 Å². The molecule has 1 saturated heterocycles. The van der Waals surface area contributed by atoms with Gasteiger partial charge >= 0.3 is 18.6 Å². The number of nitrogens with zero attached hydrogens (tertiary/aromatic N) is 1. The van der Waals surface area contributed by atoms with E-state index >= 15 is 0 Å². The molecule has 0 saturated carbocycles. The molecule has 1 amide bonds. The van der Waals surface area contributed by atoms with Gasteiger partial charge in [0.05, 0.1) is 18.7 Å². The number of rotatable bonds is 5. The lowest BCUT2D eigenvalue weighted by Gasteiger charge is -2.19. The highest BCUT2D eigenvalue weighted by Crippen LogP contribution is 2.34. The Bertz CT molecular complexity index is 646. The summed E-state index contributed by atoms with van der Waals surface area (Å²) in [7, 11) is 0. The summed E-state index contributed by atoms with van der Waals surface area (Å²) in [6, 6.07) is 2.49. The van der Waals surface area contributed by atoms with Crippen molar-refractivity contribution in [2.24, 2.45) is 0 Å². The van der Waals surface area contributed by atoms with Crippen LogP contribution in [-0.4, -0.2) is 48.3 Å². The van der Waals surface area contributed by atoms with Crippen molar-refractivity contribution in [1.29, 1.82) is 0 Å². The highest BCUT2D eigenvalue weighted by atomic mass is 19.4. The van der Waals surface area contributed by atoms with Crippen LogP contribution >= 0.6 is 0 Å². The molecule has 1 atom stereocenters. The van der Waals surface area contributed by atoms with Crippen LogP contribution in [0.4, 0.5) is 31.1 Å². The second kappa shape index (κ2) is 7.60. The van der Waals surface area contributed by atoms with Crippen LogP contribution in [0.1, 0.15) is 17.5 Å². The Balaban J connectivity index is 2.14. The van der Waals surface area contributed by atoms with Crippen LogP contribution in [0.5, 0.6) is 5.75 Å². The molecule has 26 heavy (non-hydrogen) atoms. The van der Waals surface area contributed by atoms with E-state index in [1.165, 1.54) is 0 Å². The second-order valence-corrected chi connectivity index (χ2v) is 5.62. The van der Waals surface area contributed by atoms with Crippen LogP contribution < -0.4 is 4.74 Å². The Hall–Kier alpha value is -2.17. The van der Waals surface area contributed by atoms with Crippen molar-refractivity contribution in [1.82, 2.24) is 4.90 Å². The van der Waals surface area contributed by atoms with E-state index in [9.17, 15) is 31.1 Å². The maximum absolute atomic E-state index is 12.8. The number of hydrogen-bond acceptors (Lipinski definition) is 3. The first kappa shape index (κ1) is 20.1. The number of amides is 1. The van der Waals surface area contributed by atoms with Gasteiger partial charge in [-0.15, -0.1) is 13.2 Å². The van der Waals surface area contributed by atoms with Crippen LogP contribution in [0.2, 0.25) is 0 Å². The SMILES string of the molecule is O=C(O)N1CCC(Oc2ccc(C(F)(F)F)cc2CCOC(F)(F)F)C1. The number of halogens is 6. The molecule has 1 fully saturated rings. The Morgan fingerprint density at radius 3 is 2.46 bits per heavy atom. The van der Waals surface area contributed by atoms with Crippen molar-refractivity contribution in [2.75, 3.05) is 19.7 Å². The molecular weight excluding hydrogens is 372 g/mol. The predicted molar refractivity (Wildman–Crippen MR) is 75.8 cm³/mol. The molecule has 0 aliphatic carbocycles. The molecule has 1 unspecified atom stereocenters. The lowest BCUT2D eigenvalue weighted by molar-refractivity contribution is -0.324. The minimum Gasteiger partial charge on any atom is -0.488 e. The molecule has 5 nitrogen and oxygen atoms in total. The molecule has 146 valence electrons. The lowest BCUT2D eigenvalue weighted by atomic mass is 10.1. The third-order valence-corrected chi connectivity index (χ3v) is 3.73. The van der Waals surface area contributed by atoms with Gasteiger partial charge in [0, 0.05) is 13.0 Å². The number of carboxylic acid groups (broad SMARTS) is 1. The molecule has 1 aliphatic rings. The maximum Gasteiger partial charge on any atom is 0.522 e. The number of alkyl halides is 6. The number of benzene rings is 1. The zero-order chi connectivity index (χ0) is 19.5. The third-order valence-electron chi connectivity index (χ3n) is 3.73. The highest BCUT2D eigenvalue weighted by Gasteiger charge is 2.33. The van der Waals surface area contributed by atoms with Crippen LogP contribution in [0.25, 0.3) is 0 Å². The van der Waals surface area contributed by atoms with E-state index in [1.54, 1.807) is 0 Å². The molecule has 2 rings (SSSR count). The maximum atomic E-state index is 12.8. The summed E-state index contributed by atoms with van der Waals surface area (Å²) in [6.45, 7) is -0.644. The average molecular weight is 387 g/mol. The van der Waals surface area contributed by atoms with E-state index in [-0.39, 0.29) is 24.4 Å². The Morgan fingerprint density at radius 2 is 1.92 bits per heavy atom. The van der Waals surface area contributed by atoms with Gasteiger partial charge in [-0.05, 0) is 30.2 Å². The monoisotopic (exact) mass is 387 g/mol. The summed E-state index contributed by atoms with van der Waals surface area (Å²) in [5, 5.41) is 8.89. The molecule has 11 heteroatoms. The Labute approximate surface area is 144 Å². The van der Waals surface area contributed by atoms with Gasteiger partial charge in [0.1, 0.15) is 11.9 Å². The second-order valence-electron chi connectivity index (χ2n) is 5.62. The zero-order valence-electron chi connectivity index (χ0n) is 13.2. The molecule has 1 aromatic rings. The number of likely N-dealkylation sites (tertiary alicyclic amines) is 1. The van der Waals surface area contributed by atoms with Crippen molar-refractivity contribution < 1.29 is 45.7 Å². The molecule has 0 aromatic heterocycles. The first-order valence-electron chi connectivity index (χ1n) is 7.51. The summed E-state index contributed by atoms with van der Waals surface area (Å²) in [4.78, 5) is 12.0. The van der Waals surface area contributed by atoms with E-state index in [1.807, 2.05) is 0 Å². The molecule has 1 heterocycles. The zero-order valence-corrected chi connectivity index (χ0v) is 13.2. The predicted octanol–water partition coefficient (Wildman–Crippen LogP) is 3.92. The summed E-state index contributed by atoms with van der Waals surface area (Å²) in [5.41, 5.74) is -1.12. The Morgan fingerprint density at radius 1 is 1.23 bits per heavy atom. The topological polar surface area (TPSA) is 59.0 Å². The fourth-order valence-corrected chi connectivity index (χ4v) is 2.52. The van der Waals surface area contributed by atoms with Crippen molar-refractivity contribution in [3.63, 3.8) is 0 Å².